The molecule has 0 radical (unpaired) electrons. The van der Waals surface area contributed by atoms with Crippen LogP contribution < -0.4 is 0 Å². The lowest BCUT2D eigenvalue weighted by molar-refractivity contribution is -0.206. The van der Waals surface area contributed by atoms with Crippen molar-refractivity contribution >= 4 is 0 Å². The van der Waals surface area contributed by atoms with Crippen molar-refractivity contribution in [2.45, 2.75) is 69.8 Å². The Morgan fingerprint density at radius 1 is 0.935 bits per heavy atom. The number of aromatic nitrogens is 1. The maximum atomic E-state index is 14.8. The van der Waals surface area contributed by atoms with E-state index in [0.29, 0.717) is 6.07 Å². The number of alkyl halides is 5. The number of halogens is 6. The molecule has 1 aromatic heterocycles. The van der Waals surface area contributed by atoms with Crippen LogP contribution in [0.25, 0.3) is 0 Å². The van der Waals surface area contributed by atoms with Gasteiger partial charge in [0.05, 0.1) is 0 Å². The number of aliphatic hydroxyl groups is 2. The molecule has 0 amide bonds. The van der Waals surface area contributed by atoms with Crippen molar-refractivity contribution in [1.82, 2.24) is 4.98 Å². The third-order valence-corrected chi connectivity index (χ3v) is 5.24. The van der Waals surface area contributed by atoms with Crippen molar-refractivity contribution in [3.05, 3.63) is 64.7 Å². The topological polar surface area (TPSA) is 53.4 Å². The lowest BCUT2D eigenvalue weighted by Gasteiger charge is -2.32. The Morgan fingerprint density at radius 2 is 1.55 bits per heavy atom. The summed E-state index contributed by atoms with van der Waals surface area (Å²) < 4.78 is 82.0. The SMILES string of the molecule is CC(C)c1ccc(C(F)(F)C(O)CC(C)(C)c2cc(F)cc(C(O)C(F)(F)F)c2)nc1. The molecule has 2 aromatic rings. The Kier molecular flexibility index (Phi) is 7.12. The number of pyridine rings is 1. The summed E-state index contributed by atoms with van der Waals surface area (Å²) in [6, 6.07) is 4.93. The second-order valence-corrected chi connectivity index (χ2v) is 8.58. The van der Waals surface area contributed by atoms with Crippen LogP contribution in [0.3, 0.4) is 0 Å². The molecule has 0 bridgehead atoms. The molecule has 172 valence electrons. The zero-order chi connectivity index (χ0) is 23.8. The van der Waals surface area contributed by atoms with Crippen molar-refractivity contribution < 1.29 is 36.6 Å². The van der Waals surface area contributed by atoms with Gasteiger partial charge in [-0.1, -0.05) is 39.8 Å². The summed E-state index contributed by atoms with van der Waals surface area (Å²) in [6.45, 7) is 6.52. The molecule has 0 aliphatic carbocycles. The average molecular weight is 449 g/mol. The van der Waals surface area contributed by atoms with Crippen molar-refractivity contribution in [1.29, 1.82) is 0 Å². The zero-order valence-electron chi connectivity index (χ0n) is 17.5. The average Bonchev–Trinajstić information content (AvgIpc) is 2.65. The van der Waals surface area contributed by atoms with E-state index in [0.717, 1.165) is 23.8 Å². The quantitative estimate of drug-likeness (QED) is 0.529. The van der Waals surface area contributed by atoms with E-state index in [9.17, 15) is 36.6 Å². The molecule has 0 spiro atoms. The fraction of sp³-hybridized carbons (Fsp3) is 0.500. The number of aliphatic hydroxyl groups excluding tert-OH is 2. The third-order valence-electron chi connectivity index (χ3n) is 5.24. The molecule has 0 fully saturated rings. The van der Waals surface area contributed by atoms with Crippen LogP contribution in [0.5, 0.6) is 0 Å². The fourth-order valence-electron chi connectivity index (χ4n) is 3.19. The smallest absolute Gasteiger partial charge is 0.386 e. The predicted molar refractivity (Wildman–Crippen MR) is 103 cm³/mol. The molecule has 9 heteroatoms. The standard InChI is InChI=1S/C22H25F6NO2/c1-12(2)13-5-6-17(29-11-13)21(24,25)18(30)10-20(3,4)15-7-14(8-16(23)9-15)19(31)22(26,27)28/h5-9,11-12,18-19,30-31H,10H2,1-4H3. The maximum absolute atomic E-state index is 14.8. The Balaban J connectivity index is 2.31. The zero-order valence-corrected chi connectivity index (χ0v) is 17.5. The second-order valence-electron chi connectivity index (χ2n) is 8.58. The molecule has 2 unspecified atom stereocenters. The van der Waals surface area contributed by atoms with E-state index in [1.807, 2.05) is 13.8 Å². The van der Waals surface area contributed by atoms with Crippen LogP contribution in [-0.4, -0.2) is 27.5 Å². The highest BCUT2D eigenvalue weighted by Crippen LogP contribution is 2.40. The van der Waals surface area contributed by atoms with E-state index in [4.69, 9.17) is 0 Å². The van der Waals surface area contributed by atoms with Crippen LogP contribution in [0.15, 0.2) is 36.5 Å². The largest absolute Gasteiger partial charge is 0.418 e. The first kappa shape index (κ1) is 25.1. The van der Waals surface area contributed by atoms with E-state index in [-0.39, 0.29) is 11.5 Å². The van der Waals surface area contributed by atoms with E-state index in [2.05, 4.69) is 4.98 Å². The summed E-state index contributed by atoms with van der Waals surface area (Å²) in [7, 11) is 0. The number of hydrogen-bond donors (Lipinski definition) is 2. The fourth-order valence-corrected chi connectivity index (χ4v) is 3.19. The summed E-state index contributed by atoms with van der Waals surface area (Å²) in [5, 5.41) is 19.7. The van der Waals surface area contributed by atoms with Gasteiger partial charge in [-0.3, -0.25) is 4.98 Å². The van der Waals surface area contributed by atoms with Gasteiger partial charge in [-0.05, 0) is 52.6 Å². The van der Waals surface area contributed by atoms with Crippen molar-refractivity contribution in [3.8, 4) is 0 Å². The van der Waals surface area contributed by atoms with Gasteiger partial charge in [0.25, 0.3) is 0 Å². The number of hydrogen-bond acceptors (Lipinski definition) is 3. The predicted octanol–water partition coefficient (Wildman–Crippen LogP) is 5.76. The van der Waals surface area contributed by atoms with Gasteiger partial charge in [0.2, 0.25) is 0 Å². The van der Waals surface area contributed by atoms with Gasteiger partial charge in [0, 0.05) is 6.20 Å². The highest BCUT2D eigenvalue weighted by molar-refractivity contribution is 5.32. The summed E-state index contributed by atoms with van der Waals surface area (Å²) in [4.78, 5) is 3.75. The van der Waals surface area contributed by atoms with Gasteiger partial charge >= 0.3 is 12.1 Å². The summed E-state index contributed by atoms with van der Waals surface area (Å²) in [5.74, 6) is -4.72. The lowest BCUT2D eigenvalue weighted by Crippen LogP contribution is -2.37. The Hall–Kier alpha value is -2.13. The van der Waals surface area contributed by atoms with Crippen LogP contribution >= 0.6 is 0 Å². The number of nitrogens with zero attached hydrogens (tertiary/aromatic N) is 1. The van der Waals surface area contributed by atoms with Gasteiger partial charge in [0.1, 0.15) is 17.6 Å². The molecule has 0 saturated heterocycles. The first-order valence-corrected chi connectivity index (χ1v) is 9.63. The normalized spacial score (nSPS) is 15.3. The molecular formula is C22H25F6NO2. The van der Waals surface area contributed by atoms with Crippen LogP contribution in [0.4, 0.5) is 26.3 Å². The van der Waals surface area contributed by atoms with Gasteiger partial charge in [-0.2, -0.15) is 22.0 Å². The lowest BCUT2D eigenvalue weighted by atomic mass is 9.77. The van der Waals surface area contributed by atoms with Crippen molar-refractivity contribution in [3.63, 3.8) is 0 Å². The minimum Gasteiger partial charge on any atom is -0.386 e. The molecular weight excluding hydrogens is 424 g/mol. The minimum absolute atomic E-state index is 0.0660. The molecule has 2 atom stereocenters. The molecule has 3 nitrogen and oxygen atoms in total. The molecule has 1 heterocycles. The third kappa shape index (κ3) is 5.77. The van der Waals surface area contributed by atoms with Gasteiger partial charge in [-0.15, -0.1) is 0 Å². The molecule has 0 aliphatic heterocycles. The molecule has 0 aliphatic rings. The van der Waals surface area contributed by atoms with Crippen molar-refractivity contribution in [2.75, 3.05) is 0 Å². The Morgan fingerprint density at radius 3 is 2.03 bits per heavy atom. The molecule has 0 saturated carbocycles. The van der Waals surface area contributed by atoms with Crippen LogP contribution in [0.1, 0.15) is 68.5 Å². The van der Waals surface area contributed by atoms with Crippen LogP contribution in [0.2, 0.25) is 0 Å². The molecule has 1 aromatic carbocycles. The first-order chi connectivity index (χ1) is 14.1. The highest BCUT2D eigenvalue weighted by Gasteiger charge is 2.45. The molecule has 2 rings (SSSR count). The van der Waals surface area contributed by atoms with Gasteiger partial charge < -0.3 is 10.2 Å². The summed E-state index contributed by atoms with van der Waals surface area (Å²) >= 11 is 0. The van der Waals surface area contributed by atoms with Crippen LogP contribution in [0, 0.1) is 5.82 Å². The van der Waals surface area contributed by atoms with E-state index in [1.165, 1.54) is 26.1 Å². The van der Waals surface area contributed by atoms with E-state index in [1.54, 1.807) is 0 Å². The number of rotatable bonds is 7. The summed E-state index contributed by atoms with van der Waals surface area (Å²) in [6.07, 6.45) is -9.48. The van der Waals surface area contributed by atoms with Gasteiger partial charge in [0.15, 0.2) is 6.10 Å². The second kappa shape index (κ2) is 8.78. The summed E-state index contributed by atoms with van der Waals surface area (Å²) in [5.41, 5.74) is -2.06. The van der Waals surface area contributed by atoms with Gasteiger partial charge in [-0.25, -0.2) is 4.39 Å². The van der Waals surface area contributed by atoms with Crippen LogP contribution in [-0.2, 0) is 11.3 Å². The van der Waals surface area contributed by atoms with E-state index < -0.39 is 53.2 Å². The Bertz CT molecular complexity index is 894. The van der Waals surface area contributed by atoms with Crippen molar-refractivity contribution in [2.24, 2.45) is 0 Å². The highest BCUT2D eigenvalue weighted by atomic mass is 19.4. The number of benzene rings is 1. The molecule has 31 heavy (non-hydrogen) atoms. The van der Waals surface area contributed by atoms with E-state index >= 15 is 0 Å². The minimum atomic E-state index is -5.02. The molecule has 2 N–H and O–H groups in total. The maximum Gasteiger partial charge on any atom is 0.418 e. The Labute approximate surface area is 176 Å². The monoisotopic (exact) mass is 449 g/mol. The first-order valence-electron chi connectivity index (χ1n) is 9.63.